The lowest BCUT2D eigenvalue weighted by Gasteiger charge is -2.13. The van der Waals surface area contributed by atoms with E-state index in [4.69, 9.17) is 19.9 Å². The molecule has 0 radical (unpaired) electrons. The van der Waals surface area contributed by atoms with E-state index in [1.807, 2.05) is 18.2 Å². The predicted molar refractivity (Wildman–Crippen MR) is 87.1 cm³/mol. The Hall–Kier alpha value is -1.46. The van der Waals surface area contributed by atoms with E-state index in [-0.39, 0.29) is 0 Å². The molecule has 1 rings (SSSR count). The van der Waals surface area contributed by atoms with Crippen molar-refractivity contribution < 1.29 is 14.2 Å². The summed E-state index contributed by atoms with van der Waals surface area (Å²) in [5, 5.41) is 3.35. The van der Waals surface area contributed by atoms with Gasteiger partial charge >= 0.3 is 0 Å². The molecule has 0 aromatic heterocycles. The van der Waals surface area contributed by atoms with Gasteiger partial charge in [0, 0.05) is 20.3 Å². The second-order valence-corrected chi connectivity index (χ2v) is 4.80. The van der Waals surface area contributed by atoms with Crippen molar-refractivity contribution in [3.05, 3.63) is 18.2 Å². The first-order chi connectivity index (χ1) is 10.3. The molecule has 120 valence electrons. The van der Waals surface area contributed by atoms with Crippen molar-refractivity contribution >= 4 is 11.4 Å². The van der Waals surface area contributed by atoms with Gasteiger partial charge in [0.15, 0.2) is 0 Å². The summed E-state index contributed by atoms with van der Waals surface area (Å²) in [6.45, 7) is 5.71. The van der Waals surface area contributed by atoms with Gasteiger partial charge in [-0.2, -0.15) is 0 Å². The Morgan fingerprint density at radius 2 is 1.95 bits per heavy atom. The summed E-state index contributed by atoms with van der Waals surface area (Å²) in [7, 11) is 1.68. The van der Waals surface area contributed by atoms with Crippen molar-refractivity contribution in [1.29, 1.82) is 0 Å². The molecule has 0 atom stereocenters. The van der Waals surface area contributed by atoms with Crippen LogP contribution in [0.1, 0.15) is 26.2 Å². The Morgan fingerprint density at radius 1 is 1.10 bits per heavy atom. The number of methoxy groups -OCH3 is 1. The lowest BCUT2D eigenvalue weighted by Crippen LogP contribution is -2.08. The summed E-state index contributed by atoms with van der Waals surface area (Å²) in [6.07, 6.45) is 3.02. The number of nitrogen functional groups attached to an aromatic ring is 1. The highest BCUT2D eigenvalue weighted by molar-refractivity contribution is 5.72. The lowest BCUT2D eigenvalue weighted by molar-refractivity contribution is 0.0691. The molecule has 5 nitrogen and oxygen atoms in total. The second kappa shape index (κ2) is 11.2. The molecule has 3 N–H and O–H groups in total. The second-order valence-electron chi connectivity index (χ2n) is 4.80. The molecule has 21 heavy (non-hydrogen) atoms. The molecule has 1 aromatic rings. The van der Waals surface area contributed by atoms with Crippen LogP contribution in [0, 0.1) is 0 Å². The smallest absolute Gasteiger partial charge is 0.144 e. The van der Waals surface area contributed by atoms with Gasteiger partial charge in [-0.15, -0.1) is 0 Å². The monoisotopic (exact) mass is 296 g/mol. The van der Waals surface area contributed by atoms with E-state index >= 15 is 0 Å². The van der Waals surface area contributed by atoms with Crippen molar-refractivity contribution in [3.8, 4) is 5.75 Å². The molecule has 0 fully saturated rings. The highest BCUT2D eigenvalue weighted by Gasteiger charge is 2.05. The van der Waals surface area contributed by atoms with Gasteiger partial charge in [-0.1, -0.05) is 13.0 Å². The molecule has 0 heterocycles. The minimum Gasteiger partial charge on any atom is -0.491 e. The molecule has 0 amide bonds. The van der Waals surface area contributed by atoms with Crippen LogP contribution in [-0.4, -0.2) is 40.1 Å². The minimum atomic E-state index is 0.652. The van der Waals surface area contributed by atoms with Crippen molar-refractivity contribution in [3.63, 3.8) is 0 Å². The highest BCUT2D eigenvalue weighted by atomic mass is 16.5. The number of nitrogens with one attached hydrogen (secondary N) is 1. The van der Waals surface area contributed by atoms with E-state index in [9.17, 15) is 0 Å². The summed E-state index contributed by atoms with van der Waals surface area (Å²) in [5.74, 6) is 0.754. The predicted octanol–water partition coefficient (Wildman–Crippen LogP) is 2.91. The van der Waals surface area contributed by atoms with E-state index in [1.165, 1.54) is 0 Å². The lowest BCUT2D eigenvalue weighted by atomic mass is 10.2. The zero-order valence-corrected chi connectivity index (χ0v) is 13.2. The summed E-state index contributed by atoms with van der Waals surface area (Å²) in [5.41, 5.74) is 7.71. The Morgan fingerprint density at radius 3 is 2.71 bits per heavy atom. The van der Waals surface area contributed by atoms with E-state index in [0.717, 1.165) is 43.9 Å². The van der Waals surface area contributed by atoms with Crippen LogP contribution in [0.25, 0.3) is 0 Å². The number of rotatable bonds is 12. The van der Waals surface area contributed by atoms with E-state index in [0.29, 0.717) is 25.5 Å². The van der Waals surface area contributed by atoms with Gasteiger partial charge in [0.2, 0.25) is 0 Å². The maximum Gasteiger partial charge on any atom is 0.144 e. The highest BCUT2D eigenvalue weighted by Crippen LogP contribution is 2.29. The van der Waals surface area contributed by atoms with Crippen LogP contribution in [0.5, 0.6) is 5.75 Å². The maximum atomic E-state index is 6.09. The van der Waals surface area contributed by atoms with Gasteiger partial charge < -0.3 is 25.3 Å². The molecule has 0 saturated heterocycles. The van der Waals surface area contributed by atoms with Crippen LogP contribution in [0.4, 0.5) is 11.4 Å². The zero-order valence-electron chi connectivity index (χ0n) is 13.2. The topological polar surface area (TPSA) is 65.7 Å². The SMILES string of the molecule is CCCOc1cccc(NCCCCOCCOC)c1N. The summed E-state index contributed by atoms with van der Waals surface area (Å²) < 4.78 is 15.9. The van der Waals surface area contributed by atoms with E-state index in [1.54, 1.807) is 7.11 Å². The number of para-hydroxylation sites is 1. The number of nitrogens with two attached hydrogens (primary N) is 1. The molecule has 1 aromatic carbocycles. The first-order valence-electron chi connectivity index (χ1n) is 7.61. The summed E-state index contributed by atoms with van der Waals surface area (Å²) in [4.78, 5) is 0. The van der Waals surface area contributed by atoms with Crippen molar-refractivity contribution in [1.82, 2.24) is 0 Å². The average molecular weight is 296 g/mol. The Labute approximate surface area is 127 Å². The van der Waals surface area contributed by atoms with Crippen LogP contribution in [0.3, 0.4) is 0 Å². The number of hydrogen-bond donors (Lipinski definition) is 2. The van der Waals surface area contributed by atoms with Gasteiger partial charge in [0.1, 0.15) is 5.75 Å². The minimum absolute atomic E-state index is 0.652. The fraction of sp³-hybridized carbons (Fsp3) is 0.625. The molecule has 5 heteroatoms. The third-order valence-electron chi connectivity index (χ3n) is 2.99. The molecule has 0 unspecified atom stereocenters. The first kappa shape index (κ1) is 17.6. The van der Waals surface area contributed by atoms with Crippen LogP contribution in [0.2, 0.25) is 0 Å². The largest absolute Gasteiger partial charge is 0.491 e. The number of anilines is 2. The maximum absolute atomic E-state index is 6.09. The van der Waals surface area contributed by atoms with Crippen molar-refractivity contribution in [2.24, 2.45) is 0 Å². The standard InChI is InChI=1S/C16H28N2O3/c1-3-10-21-15-8-6-7-14(16(15)17)18-9-4-5-11-20-13-12-19-2/h6-8,18H,3-5,9-13,17H2,1-2H3. The third kappa shape index (κ3) is 7.20. The van der Waals surface area contributed by atoms with Crippen LogP contribution < -0.4 is 15.8 Å². The van der Waals surface area contributed by atoms with Gasteiger partial charge in [-0.05, 0) is 31.4 Å². The van der Waals surface area contributed by atoms with Gasteiger partial charge in [0.25, 0.3) is 0 Å². The van der Waals surface area contributed by atoms with Crippen molar-refractivity contribution in [2.45, 2.75) is 26.2 Å². The van der Waals surface area contributed by atoms with Crippen LogP contribution in [0.15, 0.2) is 18.2 Å². The Bertz CT molecular complexity index is 386. The molecular formula is C16H28N2O3. The first-order valence-corrected chi connectivity index (χ1v) is 7.61. The zero-order chi connectivity index (χ0) is 15.3. The molecule has 0 aliphatic heterocycles. The number of hydrogen-bond acceptors (Lipinski definition) is 5. The summed E-state index contributed by atoms with van der Waals surface area (Å²) in [6, 6.07) is 5.83. The molecule has 0 saturated carbocycles. The van der Waals surface area contributed by atoms with Crippen LogP contribution in [-0.2, 0) is 9.47 Å². The van der Waals surface area contributed by atoms with Crippen molar-refractivity contribution in [2.75, 3.05) is 51.1 Å². The Balaban J connectivity index is 2.22. The molecule has 0 spiro atoms. The number of ether oxygens (including phenoxy) is 3. The van der Waals surface area contributed by atoms with E-state index < -0.39 is 0 Å². The molecule has 0 aliphatic carbocycles. The van der Waals surface area contributed by atoms with Gasteiger partial charge in [-0.3, -0.25) is 0 Å². The number of benzene rings is 1. The van der Waals surface area contributed by atoms with Crippen LogP contribution >= 0.6 is 0 Å². The number of unbranched alkanes of at least 4 members (excludes halogenated alkanes) is 1. The molecule has 0 aliphatic rings. The molecular weight excluding hydrogens is 268 g/mol. The van der Waals surface area contributed by atoms with Gasteiger partial charge in [0.05, 0.1) is 31.2 Å². The van der Waals surface area contributed by atoms with E-state index in [2.05, 4.69) is 12.2 Å². The fourth-order valence-corrected chi connectivity index (χ4v) is 1.83. The Kier molecular flexibility index (Phi) is 9.40. The quantitative estimate of drug-likeness (QED) is 0.458. The third-order valence-corrected chi connectivity index (χ3v) is 2.99. The van der Waals surface area contributed by atoms with Gasteiger partial charge in [-0.25, -0.2) is 0 Å². The average Bonchev–Trinajstić information content (AvgIpc) is 2.50. The fourth-order valence-electron chi connectivity index (χ4n) is 1.83. The normalized spacial score (nSPS) is 10.6. The summed E-state index contributed by atoms with van der Waals surface area (Å²) >= 11 is 0. The molecule has 0 bridgehead atoms.